The maximum Gasteiger partial charge on any atom is 0.274 e. The van der Waals surface area contributed by atoms with Crippen LogP contribution in [0.25, 0.3) is 11.0 Å². The summed E-state index contributed by atoms with van der Waals surface area (Å²) >= 11 is 1.18. The van der Waals surface area contributed by atoms with E-state index in [9.17, 15) is 9.59 Å². The summed E-state index contributed by atoms with van der Waals surface area (Å²) in [6, 6.07) is 10.6. The van der Waals surface area contributed by atoms with Crippen LogP contribution < -0.4 is 16.8 Å². The van der Waals surface area contributed by atoms with Crippen LogP contribution in [-0.2, 0) is 6.54 Å². The molecule has 0 aliphatic heterocycles. The number of hydrogen-bond acceptors (Lipinski definition) is 7. The van der Waals surface area contributed by atoms with Gasteiger partial charge in [0.1, 0.15) is 10.7 Å². The lowest BCUT2D eigenvalue weighted by atomic mass is 10.2. The molecule has 0 aliphatic carbocycles. The van der Waals surface area contributed by atoms with Crippen LogP contribution in [-0.4, -0.2) is 31.8 Å². The lowest BCUT2D eigenvalue weighted by Gasteiger charge is -2.09. The molecular formula is C20H17N7O2S. The number of carbonyl (C=O) groups is 2. The van der Waals surface area contributed by atoms with Crippen molar-refractivity contribution in [1.29, 1.82) is 0 Å². The number of hydrogen-bond donors (Lipinski definition) is 4. The van der Waals surface area contributed by atoms with Gasteiger partial charge in [-0.2, -0.15) is 0 Å². The first-order chi connectivity index (χ1) is 14.5. The van der Waals surface area contributed by atoms with Gasteiger partial charge in [0.2, 0.25) is 5.91 Å². The molecular weight excluding hydrogens is 402 g/mol. The highest BCUT2D eigenvalue weighted by Crippen LogP contribution is 2.29. The number of nitrogen functional groups attached to an aromatic ring is 1. The van der Waals surface area contributed by atoms with Gasteiger partial charge in [0.15, 0.2) is 11.5 Å². The highest BCUT2D eigenvalue weighted by atomic mass is 32.2. The molecule has 0 bridgehead atoms. The molecule has 3 heterocycles. The number of nitrogens with zero attached hydrogens (tertiary/aromatic N) is 3. The lowest BCUT2D eigenvalue weighted by Crippen LogP contribution is -2.25. The Kier molecular flexibility index (Phi) is 5.31. The maximum atomic E-state index is 12.7. The number of primary amides is 1. The van der Waals surface area contributed by atoms with Crippen molar-refractivity contribution in [2.75, 3.05) is 5.73 Å². The second-order valence-corrected chi connectivity index (χ2v) is 7.36. The summed E-state index contributed by atoms with van der Waals surface area (Å²) in [6.45, 7) is 0.271. The molecule has 9 nitrogen and oxygen atoms in total. The lowest BCUT2D eigenvalue weighted by molar-refractivity contribution is 0.0944. The zero-order chi connectivity index (χ0) is 21.1. The predicted octanol–water partition coefficient (Wildman–Crippen LogP) is 2.12. The molecule has 150 valence electrons. The van der Waals surface area contributed by atoms with Crippen molar-refractivity contribution < 1.29 is 9.59 Å². The molecule has 0 saturated heterocycles. The van der Waals surface area contributed by atoms with Crippen LogP contribution in [0.4, 0.5) is 5.82 Å². The van der Waals surface area contributed by atoms with Crippen LogP contribution in [0, 0.1) is 0 Å². The van der Waals surface area contributed by atoms with Gasteiger partial charge < -0.3 is 21.8 Å². The smallest absolute Gasteiger partial charge is 0.274 e. The number of fused-ring (bicyclic) bond motifs is 1. The molecule has 4 rings (SSSR count). The summed E-state index contributed by atoms with van der Waals surface area (Å²) in [7, 11) is 0. The van der Waals surface area contributed by atoms with Crippen LogP contribution >= 0.6 is 11.8 Å². The van der Waals surface area contributed by atoms with Gasteiger partial charge in [-0.25, -0.2) is 15.0 Å². The standard InChI is InChI=1S/C20H17N7O2S/c21-17-16(20(29)26-9-11-8-25-19-12(11)5-3-7-23-19)27-15(10-24-17)30-14-6-2-1-4-13(14)18(22)28/h1-8,10H,9H2,(H2,21,24)(H2,22,28)(H,23,25)(H,26,29). The second kappa shape index (κ2) is 8.21. The second-order valence-electron chi connectivity index (χ2n) is 6.30. The van der Waals surface area contributed by atoms with Gasteiger partial charge in [0.05, 0.1) is 11.8 Å². The molecule has 30 heavy (non-hydrogen) atoms. The summed E-state index contributed by atoms with van der Waals surface area (Å²) in [5, 5.41) is 4.14. The maximum absolute atomic E-state index is 12.7. The summed E-state index contributed by atoms with van der Waals surface area (Å²) < 4.78 is 0. The Morgan fingerprint density at radius 3 is 2.80 bits per heavy atom. The number of nitrogens with one attached hydrogen (secondary N) is 2. The molecule has 2 amide bonds. The number of amides is 2. The van der Waals surface area contributed by atoms with Crippen molar-refractivity contribution in [3.63, 3.8) is 0 Å². The van der Waals surface area contributed by atoms with E-state index in [1.54, 1.807) is 36.7 Å². The van der Waals surface area contributed by atoms with Crippen LogP contribution in [0.2, 0.25) is 0 Å². The number of aromatic nitrogens is 4. The molecule has 0 aliphatic rings. The third-order valence-corrected chi connectivity index (χ3v) is 5.32. The van der Waals surface area contributed by atoms with E-state index in [0.717, 1.165) is 16.6 Å². The third kappa shape index (κ3) is 3.94. The van der Waals surface area contributed by atoms with Gasteiger partial charge in [-0.3, -0.25) is 9.59 Å². The zero-order valence-electron chi connectivity index (χ0n) is 15.6. The van der Waals surface area contributed by atoms with Crippen molar-refractivity contribution in [3.05, 3.63) is 71.8 Å². The van der Waals surface area contributed by atoms with Gasteiger partial charge in [0.25, 0.3) is 5.91 Å². The summed E-state index contributed by atoms with van der Waals surface area (Å²) in [4.78, 5) is 40.6. The molecule has 0 saturated carbocycles. The van der Waals surface area contributed by atoms with E-state index in [-0.39, 0.29) is 18.1 Å². The largest absolute Gasteiger partial charge is 0.382 e. The molecule has 4 aromatic rings. The number of anilines is 1. The number of H-pyrrole nitrogens is 1. The fourth-order valence-corrected chi connectivity index (χ4v) is 3.78. The Balaban J connectivity index is 1.53. The monoisotopic (exact) mass is 419 g/mol. The molecule has 6 N–H and O–H groups in total. The molecule has 0 spiro atoms. The Morgan fingerprint density at radius 2 is 1.97 bits per heavy atom. The number of aromatic amines is 1. The molecule has 0 unspecified atom stereocenters. The van der Waals surface area contributed by atoms with E-state index in [1.807, 2.05) is 12.1 Å². The van der Waals surface area contributed by atoms with E-state index >= 15 is 0 Å². The molecule has 3 aromatic heterocycles. The molecule has 10 heteroatoms. The van der Waals surface area contributed by atoms with Crippen LogP contribution in [0.3, 0.4) is 0 Å². The van der Waals surface area contributed by atoms with Gasteiger partial charge in [-0.15, -0.1) is 0 Å². The summed E-state index contributed by atoms with van der Waals surface area (Å²) in [5.74, 6) is -0.989. The van der Waals surface area contributed by atoms with Gasteiger partial charge in [0, 0.05) is 29.2 Å². The quantitative estimate of drug-likeness (QED) is 0.373. The van der Waals surface area contributed by atoms with E-state index in [4.69, 9.17) is 11.5 Å². The van der Waals surface area contributed by atoms with Gasteiger partial charge in [-0.05, 0) is 29.8 Å². The van der Waals surface area contributed by atoms with E-state index in [0.29, 0.717) is 15.5 Å². The topological polar surface area (TPSA) is 153 Å². The van der Waals surface area contributed by atoms with Crippen molar-refractivity contribution in [3.8, 4) is 0 Å². The number of rotatable bonds is 6. The number of pyridine rings is 1. The minimum absolute atomic E-state index is 0.00882. The van der Waals surface area contributed by atoms with E-state index < -0.39 is 11.8 Å². The van der Waals surface area contributed by atoms with Crippen molar-refractivity contribution in [2.24, 2.45) is 5.73 Å². The zero-order valence-corrected chi connectivity index (χ0v) is 16.4. The normalized spacial score (nSPS) is 10.8. The van der Waals surface area contributed by atoms with E-state index in [1.165, 1.54) is 18.0 Å². The number of nitrogens with two attached hydrogens (primary N) is 2. The molecule has 0 radical (unpaired) electrons. The number of carbonyl (C=O) groups excluding carboxylic acids is 2. The number of benzene rings is 1. The van der Waals surface area contributed by atoms with Gasteiger partial charge >= 0.3 is 0 Å². The Hall–Kier alpha value is -3.92. The Bertz CT molecular complexity index is 1250. The fourth-order valence-electron chi connectivity index (χ4n) is 2.89. The average Bonchev–Trinajstić information content (AvgIpc) is 3.17. The Labute approximate surface area is 175 Å². The minimum atomic E-state index is -0.548. The molecule has 1 aromatic carbocycles. The first kappa shape index (κ1) is 19.4. The molecule has 0 fully saturated rings. The van der Waals surface area contributed by atoms with Crippen molar-refractivity contribution in [1.82, 2.24) is 25.3 Å². The van der Waals surface area contributed by atoms with Crippen LogP contribution in [0.5, 0.6) is 0 Å². The van der Waals surface area contributed by atoms with Crippen molar-refractivity contribution >= 4 is 40.4 Å². The minimum Gasteiger partial charge on any atom is -0.382 e. The Morgan fingerprint density at radius 1 is 1.13 bits per heavy atom. The fraction of sp³-hybridized carbons (Fsp3) is 0.0500. The van der Waals surface area contributed by atoms with E-state index in [2.05, 4.69) is 25.3 Å². The van der Waals surface area contributed by atoms with Crippen LogP contribution in [0.1, 0.15) is 26.4 Å². The van der Waals surface area contributed by atoms with Crippen molar-refractivity contribution in [2.45, 2.75) is 16.5 Å². The summed E-state index contributed by atoms with van der Waals surface area (Å²) in [5.41, 5.74) is 13.3. The van der Waals surface area contributed by atoms with Crippen LogP contribution in [0.15, 0.2) is 64.9 Å². The summed E-state index contributed by atoms with van der Waals surface area (Å²) in [6.07, 6.45) is 4.93. The predicted molar refractivity (Wildman–Crippen MR) is 113 cm³/mol. The molecule has 0 atom stereocenters. The first-order valence-corrected chi connectivity index (χ1v) is 9.73. The first-order valence-electron chi connectivity index (χ1n) is 8.91. The van der Waals surface area contributed by atoms with Gasteiger partial charge in [-0.1, -0.05) is 23.9 Å². The average molecular weight is 419 g/mol. The highest BCUT2D eigenvalue weighted by Gasteiger charge is 2.16. The third-order valence-electron chi connectivity index (χ3n) is 4.34. The SMILES string of the molecule is NC(=O)c1ccccc1Sc1cnc(N)c(C(=O)NCc2c[nH]c3ncccc23)n1. The highest BCUT2D eigenvalue weighted by molar-refractivity contribution is 7.99.